The maximum atomic E-state index is 9.11. The van der Waals surface area contributed by atoms with Crippen molar-refractivity contribution in [1.82, 2.24) is 0 Å². The maximum Gasteiger partial charge on any atom is 0.0807 e. The molecule has 0 bridgehead atoms. The Labute approximate surface area is 97.6 Å². The standard InChI is InChI=1S/C9H18O4.C3H6/c1-2-7(3-8(12)5-10)4-9(13)6-11;1-3-2/h2,8-13H,3-6H2,1H3;3H,1H2,2H3. The molecule has 0 rings (SSSR count). The monoisotopic (exact) mass is 232 g/mol. The third kappa shape index (κ3) is 11.4. The van der Waals surface area contributed by atoms with Crippen molar-refractivity contribution < 1.29 is 20.4 Å². The van der Waals surface area contributed by atoms with E-state index in [0.717, 1.165) is 5.57 Å². The molecule has 16 heavy (non-hydrogen) atoms. The molecule has 0 fully saturated rings. The van der Waals surface area contributed by atoms with Crippen LogP contribution < -0.4 is 0 Å². The molecule has 0 amide bonds. The number of hydrogen-bond acceptors (Lipinski definition) is 4. The summed E-state index contributed by atoms with van der Waals surface area (Å²) in [6.07, 6.45) is 2.64. The van der Waals surface area contributed by atoms with Gasteiger partial charge in [-0.2, -0.15) is 0 Å². The van der Waals surface area contributed by atoms with Gasteiger partial charge in [-0.15, -0.1) is 6.58 Å². The zero-order valence-electron chi connectivity index (χ0n) is 10.1. The Morgan fingerprint density at radius 1 is 1.06 bits per heavy atom. The number of aliphatic hydroxyl groups is 4. The van der Waals surface area contributed by atoms with Crippen LogP contribution in [0.4, 0.5) is 0 Å². The molecule has 0 spiro atoms. The van der Waals surface area contributed by atoms with E-state index in [1.807, 2.05) is 6.92 Å². The van der Waals surface area contributed by atoms with Gasteiger partial charge in [-0.1, -0.05) is 17.7 Å². The average Bonchev–Trinajstić information content (AvgIpc) is 2.28. The van der Waals surface area contributed by atoms with E-state index in [4.69, 9.17) is 20.4 Å². The predicted octanol–water partition coefficient (Wildman–Crippen LogP) is 0.612. The molecular weight excluding hydrogens is 208 g/mol. The molecule has 2 unspecified atom stereocenters. The SMILES string of the molecule is C=CC.CC=C(CC(O)CO)CC(O)CO. The molecule has 0 heterocycles. The minimum Gasteiger partial charge on any atom is -0.394 e. The molecule has 0 aliphatic rings. The smallest absolute Gasteiger partial charge is 0.0807 e. The third-order valence-electron chi connectivity index (χ3n) is 1.83. The molecule has 4 N–H and O–H groups in total. The number of hydrogen-bond donors (Lipinski definition) is 4. The third-order valence-corrected chi connectivity index (χ3v) is 1.83. The number of rotatable bonds is 6. The molecule has 0 saturated carbocycles. The van der Waals surface area contributed by atoms with E-state index in [1.54, 1.807) is 19.1 Å². The van der Waals surface area contributed by atoms with Crippen molar-refractivity contribution in [3.63, 3.8) is 0 Å². The topological polar surface area (TPSA) is 80.9 Å². The van der Waals surface area contributed by atoms with Gasteiger partial charge in [0.25, 0.3) is 0 Å². The Bertz CT molecular complexity index is 175. The van der Waals surface area contributed by atoms with E-state index in [1.165, 1.54) is 0 Å². The lowest BCUT2D eigenvalue weighted by molar-refractivity contribution is 0.0810. The highest BCUT2D eigenvalue weighted by atomic mass is 16.3. The van der Waals surface area contributed by atoms with Crippen LogP contribution in [0, 0.1) is 0 Å². The number of aliphatic hydroxyl groups excluding tert-OH is 4. The van der Waals surface area contributed by atoms with Crippen molar-refractivity contribution in [2.75, 3.05) is 13.2 Å². The molecule has 0 radical (unpaired) electrons. The van der Waals surface area contributed by atoms with Crippen molar-refractivity contribution in [2.45, 2.75) is 38.9 Å². The lowest BCUT2D eigenvalue weighted by Gasteiger charge is -2.13. The van der Waals surface area contributed by atoms with E-state index in [0.29, 0.717) is 12.8 Å². The lowest BCUT2D eigenvalue weighted by Crippen LogP contribution is -2.17. The minimum atomic E-state index is -0.780. The molecule has 96 valence electrons. The van der Waals surface area contributed by atoms with Crippen molar-refractivity contribution in [2.24, 2.45) is 0 Å². The Kier molecular flexibility index (Phi) is 13.7. The van der Waals surface area contributed by atoms with Crippen molar-refractivity contribution in [3.8, 4) is 0 Å². The quantitative estimate of drug-likeness (QED) is 0.506. The van der Waals surface area contributed by atoms with Crippen LogP contribution in [-0.2, 0) is 0 Å². The van der Waals surface area contributed by atoms with Crippen LogP contribution in [-0.4, -0.2) is 45.8 Å². The van der Waals surface area contributed by atoms with E-state index in [-0.39, 0.29) is 13.2 Å². The summed E-state index contributed by atoms with van der Waals surface area (Å²) in [7, 11) is 0. The zero-order chi connectivity index (χ0) is 13.0. The first-order valence-corrected chi connectivity index (χ1v) is 5.34. The van der Waals surface area contributed by atoms with E-state index < -0.39 is 12.2 Å². The molecule has 0 aliphatic heterocycles. The highest BCUT2D eigenvalue weighted by Gasteiger charge is 2.09. The van der Waals surface area contributed by atoms with Crippen molar-refractivity contribution in [1.29, 1.82) is 0 Å². The van der Waals surface area contributed by atoms with Gasteiger partial charge in [-0.25, -0.2) is 0 Å². The zero-order valence-corrected chi connectivity index (χ0v) is 10.1. The summed E-state index contributed by atoms with van der Waals surface area (Å²) in [4.78, 5) is 0. The second kappa shape index (κ2) is 12.4. The van der Waals surface area contributed by atoms with E-state index in [9.17, 15) is 0 Å². The fourth-order valence-electron chi connectivity index (χ4n) is 1.05. The van der Waals surface area contributed by atoms with Crippen LogP contribution in [0.15, 0.2) is 24.3 Å². The van der Waals surface area contributed by atoms with Gasteiger partial charge in [0.1, 0.15) is 0 Å². The molecule has 2 atom stereocenters. The number of allylic oxidation sites excluding steroid dienone is 2. The van der Waals surface area contributed by atoms with Crippen LogP contribution >= 0.6 is 0 Å². The first-order chi connectivity index (χ1) is 7.55. The van der Waals surface area contributed by atoms with Crippen LogP contribution in [0.3, 0.4) is 0 Å². The van der Waals surface area contributed by atoms with Gasteiger partial charge in [-0.05, 0) is 26.7 Å². The van der Waals surface area contributed by atoms with Gasteiger partial charge in [0.05, 0.1) is 25.4 Å². The molecule has 0 aromatic carbocycles. The fraction of sp³-hybridized carbons (Fsp3) is 0.667. The minimum absolute atomic E-state index is 0.285. The molecule has 4 heteroatoms. The average molecular weight is 232 g/mol. The normalized spacial score (nSPS) is 13.1. The maximum absolute atomic E-state index is 9.11. The molecule has 0 aromatic heterocycles. The van der Waals surface area contributed by atoms with Gasteiger partial charge >= 0.3 is 0 Å². The summed E-state index contributed by atoms with van der Waals surface area (Å²) in [6, 6.07) is 0. The Morgan fingerprint density at radius 3 is 1.56 bits per heavy atom. The van der Waals surface area contributed by atoms with Crippen molar-refractivity contribution in [3.05, 3.63) is 24.3 Å². The molecule has 0 saturated heterocycles. The first kappa shape index (κ1) is 17.7. The van der Waals surface area contributed by atoms with Gasteiger partial charge in [0.2, 0.25) is 0 Å². The summed E-state index contributed by atoms with van der Waals surface area (Å²) in [5, 5.41) is 35.4. The Hall–Kier alpha value is -0.680. The molecule has 0 aromatic rings. The largest absolute Gasteiger partial charge is 0.394 e. The Balaban J connectivity index is 0. The molecule has 0 aliphatic carbocycles. The van der Waals surface area contributed by atoms with Crippen molar-refractivity contribution >= 4 is 0 Å². The van der Waals surface area contributed by atoms with E-state index in [2.05, 4.69) is 6.58 Å². The van der Waals surface area contributed by atoms with Crippen LogP contribution in [0.2, 0.25) is 0 Å². The summed E-state index contributed by atoms with van der Waals surface area (Å²) in [5.74, 6) is 0. The Morgan fingerprint density at radius 2 is 1.38 bits per heavy atom. The van der Waals surface area contributed by atoms with Crippen LogP contribution in [0.1, 0.15) is 26.7 Å². The first-order valence-electron chi connectivity index (χ1n) is 5.34. The molecular formula is C12H24O4. The molecule has 4 nitrogen and oxygen atoms in total. The van der Waals surface area contributed by atoms with Gasteiger partial charge in [0.15, 0.2) is 0 Å². The van der Waals surface area contributed by atoms with Gasteiger partial charge in [-0.3, -0.25) is 0 Å². The summed E-state index contributed by atoms with van der Waals surface area (Å²) < 4.78 is 0. The van der Waals surface area contributed by atoms with Crippen LogP contribution in [0.5, 0.6) is 0 Å². The highest BCUT2D eigenvalue weighted by Crippen LogP contribution is 2.12. The summed E-state index contributed by atoms with van der Waals surface area (Å²) in [6.45, 7) is 6.47. The fourth-order valence-corrected chi connectivity index (χ4v) is 1.05. The summed E-state index contributed by atoms with van der Waals surface area (Å²) in [5.41, 5.74) is 0.836. The second-order valence-corrected chi connectivity index (χ2v) is 3.44. The lowest BCUT2D eigenvalue weighted by atomic mass is 10.0. The van der Waals surface area contributed by atoms with E-state index >= 15 is 0 Å². The van der Waals surface area contributed by atoms with Gasteiger partial charge in [0, 0.05) is 0 Å². The second-order valence-electron chi connectivity index (χ2n) is 3.44. The predicted molar refractivity (Wildman–Crippen MR) is 65.0 cm³/mol. The summed E-state index contributed by atoms with van der Waals surface area (Å²) >= 11 is 0. The van der Waals surface area contributed by atoms with Gasteiger partial charge < -0.3 is 20.4 Å². The highest BCUT2D eigenvalue weighted by molar-refractivity contribution is 5.03. The van der Waals surface area contributed by atoms with Crippen LogP contribution in [0.25, 0.3) is 0 Å².